The van der Waals surface area contributed by atoms with Crippen molar-refractivity contribution in [1.82, 2.24) is 15.1 Å². The zero-order chi connectivity index (χ0) is 17.9. The second-order valence-electron chi connectivity index (χ2n) is 6.46. The summed E-state index contributed by atoms with van der Waals surface area (Å²) in [4.78, 5) is 4.38. The molecule has 1 saturated heterocycles. The minimum absolute atomic E-state index is 0.0303. The number of hydrogen-bond donors (Lipinski definition) is 0. The van der Waals surface area contributed by atoms with Gasteiger partial charge in [-0.25, -0.2) is 4.39 Å². The highest BCUT2D eigenvalue weighted by Gasteiger charge is 2.26. The number of anilines is 1. The van der Waals surface area contributed by atoms with Crippen LogP contribution >= 0.6 is 0 Å². The van der Waals surface area contributed by atoms with Crippen molar-refractivity contribution >= 4 is 5.69 Å². The molecule has 0 amide bonds. The lowest BCUT2D eigenvalue weighted by atomic mass is 10.2. The Hall–Kier alpha value is -2.73. The van der Waals surface area contributed by atoms with E-state index in [0.29, 0.717) is 17.5 Å². The van der Waals surface area contributed by atoms with Crippen LogP contribution in [0.25, 0.3) is 11.5 Å². The third-order valence-electron chi connectivity index (χ3n) is 4.87. The SMILES string of the molecule is CC(c1nnc(-c2ccccc2)o1)N1CCN(c2ccccc2F)CC1. The molecular formula is C20H21FN4O. The molecule has 0 radical (unpaired) electrons. The molecule has 26 heavy (non-hydrogen) atoms. The van der Waals surface area contributed by atoms with Gasteiger partial charge in [0, 0.05) is 31.7 Å². The molecule has 1 aliphatic heterocycles. The van der Waals surface area contributed by atoms with Gasteiger partial charge in [0.2, 0.25) is 11.8 Å². The highest BCUT2D eigenvalue weighted by atomic mass is 19.1. The molecule has 134 valence electrons. The van der Waals surface area contributed by atoms with E-state index >= 15 is 0 Å². The van der Waals surface area contributed by atoms with Gasteiger partial charge < -0.3 is 9.32 Å². The number of piperazine rings is 1. The summed E-state index contributed by atoms with van der Waals surface area (Å²) in [6.45, 7) is 5.24. The number of nitrogens with zero attached hydrogens (tertiary/aromatic N) is 4. The Kier molecular flexibility index (Phi) is 4.67. The topological polar surface area (TPSA) is 45.4 Å². The van der Waals surface area contributed by atoms with Gasteiger partial charge in [-0.1, -0.05) is 30.3 Å². The van der Waals surface area contributed by atoms with Crippen molar-refractivity contribution in [3.63, 3.8) is 0 Å². The first-order valence-electron chi connectivity index (χ1n) is 8.85. The number of hydrogen-bond acceptors (Lipinski definition) is 5. The van der Waals surface area contributed by atoms with Crippen LogP contribution in [-0.4, -0.2) is 41.3 Å². The first kappa shape index (κ1) is 16.7. The number of para-hydroxylation sites is 1. The van der Waals surface area contributed by atoms with Crippen molar-refractivity contribution in [3.05, 3.63) is 66.3 Å². The summed E-state index contributed by atoms with van der Waals surface area (Å²) in [6.07, 6.45) is 0. The maximum absolute atomic E-state index is 14.0. The summed E-state index contributed by atoms with van der Waals surface area (Å²) < 4.78 is 19.8. The Morgan fingerprint density at radius 3 is 2.35 bits per heavy atom. The largest absolute Gasteiger partial charge is 0.419 e. The van der Waals surface area contributed by atoms with Gasteiger partial charge in [0.25, 0.3) is 0 Å². The normalized spacial score (nSPS) is 16.6. The minimum Gasteiger partial charge on any atom is -0.419 e. The van der Waals surface area contributed by atoms with E-state index in [1.165, 1.54) is 6.07 Å². The van der Waals surface area contributed by atoms with Crippen molar-refractivity contribution in [2.75, 3.05) is 31.1 Å². The van der Waals surface area contributed by atoms with Gasteiger partial charge in [-0.2, -0.15) is 0 Å². The van der Waals surface area contributed by atoms with Gasteiger partial charge in [0.05, 0.1) is 11.7 Å². The van der Waals surface area contributed by atoms with E-state index < -0.39 is 0 Å². The molecule has 3 aromatic rings. The summed E-state index contributed by atoms with van der Waals surface area (Å²) in [5, 5.41) is 8.40. The van der Waals surface area contributed by atoms with E-state index in [4.69, 9.17) is 4.42 Å². The molecule has 2 heterocycles. The second-order valence-corrected chi connectivity index (χ2v) is 6.46. The molecular weight excluding hydrogens is 331 g/mol. The molecule has 0 N–H and O–H groups in total. The zero-order valence-corrected chi connectivity index (χ0v) is 14.7. The first-order valence-corrected chi connectivity index (χ1v) is 8.85. The molecule has 2 aromatic carbocycles. The van der Waals surface area contributed by atoms with Gasteiger partial charge in [-0.3, -0.25) is 4.90 Å². The fraction of sp³-hybridized carbons (Fsp3) is 0.300. The van der Waals surface area contributed by atoms with Crippen molar-refractivity contribution < 1.29 is 8.81 Å². The predicted octanol–water partition coefficient (Wildman–Crippen LogP) is 3.76. The standard InChI is InChI=1S/C20H21FN4O/c1-15(19-22-23-20(26-19)16-7-3-2-4-8-16)24-11-13-25(14-12-24)18-10-6-5-9-17(18)21/h2-10,15H,11-14H2,1H3. The summed E-state index contributed by atoms with van der Waals surface area (Å²) >= 11 is 0. The fourth-order valence-corrected chi connectivity index (χ4v) is 3.32. The van der Waals surface area contributed by atoms with Gasteiger partial charge in [0.1, 0.15) is 5.82 Å². The first-order chi connectivity index (χ1) is 12.7. The van der Waals surface area contributed by atoms with E-state index in [1.807, 2.05) is 42.5 Å². The van der Waals surface area contributed by atoms with E-state index in [-0.39, 0.29) is 11.9 Å². The zero-order valence-electron chi connectivity index (χ0n) is 14.7. The lowest BCUT2D eigenvalue weighted by molar-refractivity contribution is 0.173. The Morgan fingerprint density at radius 2 is 1.62 bits per heavy atom. The van der Waals surface area contributed by atoms with E-state index in [1.54, 1.807) is 6.07 Å². The van der Waals surface area contributed by atoms with E-state index in [9.17, 15) is 4.39 Å². The molecule has 1 aromatic heterocycles. The van der Waals surface area contributed by atoms with Crippen molar-refractivity contribution in [2.45, 2.75) is 13.0 Å². The van der Waals surface area contributed by atoms with Gasteiger partial charge in [-0.05, 0) is 31.2 Å². The number of halogens is 1. The van der Waals surface area contributed by atoms with Crippen LogP contribution in [0, 0.1) is 5.82 Å². The van der Waals surface area contributed by atoms with Crippen molar-refractivity contribution in [3.8, 4) is 11.5 Å². The van der Waals surface area contributed by atoms with Crippen LogP contribution in [0.2, 0.25) is 0 Å². The lowest BCUT2D eigenvalue weighted by Crippen LogP contribution is -2.47. The Balaban J connectivity index is 1.42. The van der Waals surface area contributed by atoms with Crippen LogP contribution in [0.5, 0.6) is 0 Å². The van der Waals surface area contributed by atoms with Gasteiger partial charge >= 0.3 is 0 Å². The molecule has 1 unspecified atom stereocenters. The summed E-state index contributed by atoms with van der Waals surface area (Å²) in [6, 6.07) is 16.7. The fourth-order valence-electron chi connectivity index (χ4n) is 3.32. The predicted molar refractivity (Wildman–Crippen MR) is 98.3 cm³/mol. The van der Waals surface area contributed by atoms with E-state index in [0.717, 1.165) is 31.7 Å². The Labute approximate surface area is 152 Å². The van der Waals surface area contributed by atoms with Gasteiger partial charge in [0.15, 0.2) is 0 Å². The smallest absolute Gasteiger partial charge is 0.247 e. The molecule has 6 heteroatoms. The summed E-state index contributed by atoms with van der Waals surface area (Å²) in [7, 11) is 0. The monoisotopic (exact) mass is 352 g/mol. The molecule has 5 nitrogen and oxygen atoms in total. The maximum Gasteiger partial charge on any atom is 0.247 e. The molecule has 0 bridgehead atoms. The second kappa shape index (κ2) is 7.25. The molecule has 0 spiro atoms. The van der Waals surface area contributed by atoms with Crippen LogP contribution in [0.4, 0.5) is 10.1 Å². The quantitative estimate of drug-likeness (QED) is 0.715. The third-order valence-corrected chi connectivity index (χ3v) is 4.87. The third kappa shape index (κ3) is 3.32. The highest BCUT2D eigenvalue weighted by Crippen LogP contribution is 2.26. The molecule has 0 aliphatic carbocycles. The number of rotatable bonds is 4. The van der Waals surface area contributed by atoms with Crippen LogP contribution < -0.4 is 4.90 Å². The summed E-state index contributed by atoms with van der Waals surface area (Å²) in [5.41, 5.74) is 1.59. The minimum atomic E-state index is -0.168. The van der Waals surface area contributed by atoms with Crippen LogP contribution in [0.3, 0.4) is 0 Å². The molecule has 1 atom stereocenters. The van der Waals surface area contributed by atoms with Crippen LogP contribution in [0.15, 0.2) is 59.0 Å². The summed E-state index contributed by atoms with van der Waals surface area (Å²) in [5.74, 6) is 0.985. The average molecular weight is 352 g/mol. The molecule has 4 rings (SSSR count). The molecule has 1 aliphatic rings. The average Bonchev–Trinajstić information content (AvgIpc) is 3.19. The maximum atomic E-state index is 14.0. The number of benzene rings is 2. The molecule has 0 saturated carbocycles. The Bertz CT molecular complexity index is 859. The lowest BCUT2D eigenvalue weighted by Gasteiger charge is -2.38. The van der Waals surface area contributed by atoms with Crippen molar-refractivity contribution in [2.24, 2.45) is 0 Å². The highest BCUT2D eigenvalue weighted by molar-refractivity contribution is 5.51. The van der Waals surface area contributed by atoms with Crippen molar-refractivity contribution in [1.29, 1.82) is 0 Å². The van der Waals surface area contributed by atoms with E-state index in [2.05, 4.69) is 26.9 Å². The van der Waals surface area contributed by atoms with Crippen LogP contribution in [-0.2, 0) is 0 Å². The van der Waals surface area contributed by atoms with Crippen LogP contribution in [0.1, 0.15) is 18.9 Å². The Morgan fingerprint density at radius 1 is 0.923 bits per heavy atom. The van der Waals surface area contributed by atoms with Gasteiger partial charge in [-0.15, -0.1) is 10.2 Å². The number of aromatic nitrogens is 2. The molecule has 1 fully saturated rings.